The van der Waals surface area contributed by atoms with Crippen LogP contribution >= 0.6 is 0 Å². The number of benzene rings is 2. The number of amides is 1. The van der Waals surface area contributed by atoms with Crippen LogP contribution in [0.4, 0.5) is 4.39 Å². The molecule has 0 saturated carbocycles. The topological polar surface area (TPSA) is 75.6 Å². The molecule has 6 heteroatoms. The molecule has 0 atom stereocenters. The zero-order chi connectivity index (χ0) is 18.6. The van der Waals surface area contributed by atoms with E-state index in [1.54, 1.807) is 24.3 Å². The minimum Gasteiger partial charge on any atom is -0.478 e. The molecule has 2 aromatic rings. The fourth-order valence-electron chi connectivity index (χ4n) is 3.27. The van der Waals surface area contributed by atoms with Crippen molar-refractivity contribution in [2.24, 2.45) is 0 Å². The van der Waals surface area contributed by atoms with Gasteiger partial charge in [-0.15, -0.1) is 0 Å². The molecule has 2 aromatic carbocycles. The van der Waals surface area contributed by atoms with Crippen LogP contribution in [-0.2, 0) is 21.5 Å². The molecule has 0 unspecified atom stereocenters. The number of carboxylic acid groups (broad SMARTS) is 1. The van der Waals surface area contributed by atoms with E-state index in [1.807, 2.05) is 0 Å². The number of carbonyl (C=O) groups is 2. The fraction of sp³-hybridized carbons (Fsp3) is 0.300. The Morgan fingerprint density at radius 2 is 1.81 bits per heavy atom. The first kappa shape index (κ1) is 18.1. The van der Waals surface area contributed by atoms with Crippen molar-refractivity contribution in [3.8, 4) is 0 Å². The molecule has 1 saturated heterocycles. The number of carbonyl (C=O) groups excluding carboxylic acids is 1. The summed E-state index contributed by atoms with van der Waals surface area (Å²) in [6.45, 7) is 1.16. The molecule has 0 bridgehead atoms. The molecule has 2 N–H and O–H groups in total. The maximum absolute atomic E-state index is 13.7. The maximum Gasteiger partial charge on any atom is 0.335 e. The number of nitrogens with one attached hydrogen (secondary N) is 1. The lowest BCUT2D eigenvalue weighted by atomic mass is 9.73. The first-order valence-corrected chi connectivity index (χ1v) is 8.46. The Balaban J connectivity index is 1.77. The van der Waals surface area contributed by atoms with E-state index in [2.05, 4.69) is 5.32 Å². The van der Waals surface area contributed by atoms with Crippen molar-refractivity contribution < 1.29 is 23.8 Å². The fourth-order valence-corrected chi connectivity index (χ4v) is 3.27. The van der Waals surface area contributed by atoms with Crippen LogP contribution < -0.4 is 5.32 Å². The maximum atomic E-state index is 13.7. The molecule has 0 aromatic heterocycles. The summed E-state index contributed by atoms with van der Waals surface area (Å²) in [7, 11) is 0. The zero-order valence-corrected chi connectivity index (χ0v) is 14.2. The number of halogens is 1. The van der Waals surface area contributed by atoms with E-state index in [1.165, 1.54) is 24.3 Å². The summed E-state index contributed by atoms with van der Waals surface area (Å²) in [5.74, 6) is -1.54. The highest BCUT2D eigenvalue weighted by Gasteiger charge is 2.41. The number of hydrogen-bond acceptors (Lipinski definition) is 3. The Bertz CT molecular complexity index is 798. The van der Waals surface area contributed by atoms with E-state index in [-0.39, 0.29) is 23.8 Å². The van der Waals surface area contributed by atoms with Crippen molar-refractivity contribution in [1.82, 2.24) is 5.32 Å². The van der Waals surface area contributed by atoms with E-state index in [9.17, 15) is 14.0 Å². The van der Waals surface area contributed by atoms with E-state index >= 15 is 0 Å². The van der Waals surface area contributed by atoms with Crippen LogP contribution in [0.5, 0.6) is 0 Å². The summed E-state index contributed by atoms with van der Waals surface area (Å²) in [6.07, 6.45) is 0.973. The summed E-state index contributed by atoms with van der Waals surface area (Å²) < 4.78 is 19.1. The molecule has 1 fully saturated rings. The van der Waals surface area contributed by atoms with Gasteiger partial charge in [-0.3, -0.25) is 4.79 Å². The van der Waals surface area contributed by atoms with E-state index in [4.69, 9.17) is 9.84 Å². The molecule has 0 radical (unpaired) electrons. The second-order valence-corrected chi connectivity index (χ2v) is 6.39. The Morgan fingerprint density at radius 3 is 2.42 bits per heavy atom. The SMILES string of the molecule is O=C(O)c1ccc(CNC(=O)C2(c3cccc(F)c3)CCOCC2)cc1. The molecule has 1 amide bonds. The van der Waals surface area contributed by atoms with Gasteiger partial charge in [-0.05, 0) is 48.2 Å². The van der Waals surface area contributed by atoms with E-state index < -0.39 is 11.4 Å². The van der Waals surface area contributed by atoms with Crippen LogP contribution in [0.1, 0.15) is 34.3 Å². The standard InChI is InChI=1S/C20H20FNO4/c21-17-3-1-2-16(12-17)20(8-10-26-11-9-20)19(25)22-13-14-4-6-15(7-5-14)18(23)24/h1-7,12H,8-11,13H2,(H,22,25)(H,23,24). The smallest absolute Gasteiger partial charge is 0.335 e. The average Bonchev–Trinajstić information content (AvgIpc) is 2.67. The van der Waals surface area contributed by atoms with E-state index in [0.29, 0.717) is 31.6 Å². The quantitative estimate of drug-likeness (QED) is 0.863. The molecule has 26 heavy (non-hydrogen) atoms. The Morgan fingerprint density at radius 1 is 1.12 bits per heavy atom. The van der Waals surface area contributed by atoms with Gasteiger partial charge in [0, 0.05) is 19.8 Å². The molecule has 0 aliphatic carbocycles. The van der Waals surface area contributed by atoms with Crippen molar-refractivity contribution in [2.45, 2.75) is 24.8 Å². The van der Waals surface area contributed by atoms with Gasteiger partial charge in [-0.1, -0.05) is 24.3 Å². The molecule has 3 rings (SSSR count). The van der Waals surface area contributed by atoms with Gasteiger partial charge in [-0.25, -0.2) is 9.18 Å². The second kappa shape index (κ2) is 7.66. The third kappa shape index (κ3) is 3.75. The van der Waals surface area contributed by atoms with Gasteiger partial charge in [0.25, 0.3) is 0 Å². The minimum absolute atomic E-state index is 0.172. The zero-order valence-electron chi connectivity index (χ0n) is 14.2. The summed E-state index contributed by atoms with van der Waals surface area (Å²) in [6, 6.07) is 12.5. The molecule has 1 aliphatic heterocycles. The van der Waals surface area contributed by atoms with Crippen molar-refractivity contribution in [3.05, 3.63) is 71.0 Å². The summed E-state index contributed by atoms with van der Waals surface area (Å²) in [5.41, 5.74) is 0.825. The summed E-state index contributed by atoms with van der Waals surface area (Å²) >= 11 is 0. The van der Waals surface area contributed by atoms with Crippen LogP contribution in [0.25, 0.3) is 0 Å². The highest BCUT2D eigenvalue weighted by atomic mass is 19.1. The summed E-state index contributed by atoms with van der Waals surface area (Å²) in [5, 5.41) is 11.8. The van der Waals surface area contributed by atoms with Crippen molar-refractivity contribution in [3.63, 3.8) is 0 Å². The molecule has 136 valence electrons. The third-order valence-electron chi connectivity index (χ3n) is 4.81. The average molecular weight is 357 g/mol. The number of rotatable bonds is 5. The lowest BCUT2D eigenvalue weighted by Crippen LogP contribution is -2.47. The highest BCUT2D eigenvalue weighted by molar-refractivity contribution is 5.89. The predicted molar refractivity (Wildman–Crippen MR) is 93.4 cm³/mol. The van der Waals surface area contributed by atoms with Crippen LogP contribution in [0.15, 0.2) is 48.5 Å². The first-order chi connectivity index (χ1) is 12.5. The van der Waals surface area contributed by atoms with E-state index in [0.717, 1.165) is 5.56 Å². The number of carboxylic acids is 1. The van der Waals surface area contributed by atoms with Crippen LogP contribution in [0.2, 0.25) is 0 Å². The minimum atomic E-state index is -0.993. The summed E-state index contributed by atoms with van der Waals surface area (Å²) in [4.78, 5) is 23.9. The highest BCUT2D eigenvalue weighted by Crippen LogP contribution is 2.35. The Labute approximate surface area is 150 Å². The van der Waals surface area contributed by atoms with Gasteiger partial charge < -0.3 is 15.2 Å². The van der Waals surface area contributed by atoms with Gasteiger partial charge in [-0.2, -0.15) is 0 Å². The van der Waals surface area contributed by atoms with Crippen molar-refractivity contribution in [2.75, 3.05) is 13.2 Å². The van der Waals surface area contributed by atoms with Gasteiger partial charge in [0.05, 0.1) is 11.0 Å². The number of aromatic carboxylic acids is 1. The van der Waals surface area contributed by atoms with Crippen LogP contribution in [0, 0.1) is 5.82 Å². The number of ether oxygens (including phenoxy) is 1. The molecule has 5 nitrogen and oxygen atoms in total. The molecular weight excluding hydrogens is 337 g/mol. The van der Waals surface area contributed by atoms with Gasteiger partial charge in [0.15, 0.2) is 0 Å². The molecule has 1 heterocycles. The Hall–Kier alpha value is -2.73. The largest absolute Gasteiger partial charge is 0.478 e. The van der Waals surface area contributed by atoms with Gasteiger partial charge >= 0.3 is 5.97 Å². The van der Waals surface area contributed by atoms with Gasteiger partial charge in [0.2, 0.25) is 5.91 Å². The lowest BCUT2D eigenvalue weighted by Gasteiger charge is -2.36. The molecular formula is C20H20FNO4. The third-order valence-corrected chi connectivity index (χ3v) is 4.81. The first-order valence-electron chi connectivity index (χ1n) is 8.46. The second-order valence-electron chi connectivity index (χ2n) is 6.39. The Kier molecular flexibility index (Phi) is 5.32. The predicted octanol–water partition coefficient (Wildman–Crippen LogP) is 2.89. The lowest BCUT2D eigenvalue weighted by molar-refractivity contribution is -0.130. The van der Waals surface area contributed by atoms with Gasteiger partial charge in [0.1, 0.15) is 5.82 Å². The normalized spacial score (nSPS) is 16.0. The van der Waals surface area contributed by atoms with Crippen molar-refractivity contribution in [1.29, 1.82) is 0 Å². The molecule has 0 spiro atoms. The monoisotopic (exact) mass is 357 g/mol. The number of hydrogen-bond donors (Lipinski definition) is 2. The van der Waals surface area contributed by atoms with Crippen LogP contribution in [0.3, 0.4) is 0 Å². The molecule has 1 aliphatic rings. The van der Waals surface area contributed by atoms with Crippen molar-refractivity contribution >= 4 is 11.9 Å². The van der Waals surface area contributed by atoms with Crippen LogP contribution in [-0.4, -0.2) is 30.2 Å².